The summed E-state index contributed by atoms with van der Waals surface area (Å²) in [4.78, 5) is 2.34. The second-order valence-corrected chi connectivity index (χ2v) is 5.20. The number of rotatable bonds is 4. The largest absolute Gasteiger partial charge is 0.381 e. The molecule has 1 aliphatic rings. The first-order valence-electron chi connectivity index (χ1n) is 6.79. The molecule has 0 bridgehead atoms. The molecule has 0 aromatic heterocycles. The Morgan fingerprint density at radius 2 is 2.11 bits per heavy atom. The number of anilines is 1. The minimum Gasteiger partial charge on any atom is -0.381 e. The van der Waals surface area contributed by atoms with Gasteiger partial charge >= 0.3 is 0 Å². The van der Waals surface area contributed by atoms with Crippen molar-refractivity contribution < 1.29 is 4.74 Å². The van der Waals surface area contributed by atoms with Crippen molar-refractivity contribution in [3.63, 3.8) is 0 Å². The molecule has 1 aromatic rings. The van der Waals surface area contributed by atoms with E-state index in [4.69, 9.17) is 10.5 Å². The van der Waals surface area contributed by atoms with E-state index in [1.165, 1.54) is 11.3 Å². The zero-order valence-electron chi connectivity index (χ0n) is 11.4. The van der Waals surface area contributed by atoms with Gasteiger partial charge in [0.15, 0.2) is 0 Å². The van der Waals surface area contributed by atoms with E-state index in [-0.39, 0.29) is 0 Å². The fraction of sp³-hybridized carbons (Fsp3) is 0.600. The Labute approximate surface area is 110 Å². The third kappa shape index (κ3) is 3.03. The molecule has 18 heavy (non-hydrogen) atoms. The van der Waals surface area contributed by atoms with Gasteiger partial charge in [0, 0.05) is 38.5 Å². The van der Waals surface area contributed by atoms with E-state index in [0.717, 1.165) is 26.1 Å². The van der Waals surface area contributed by atoms with E-state index >= 15 is 0 Å². The van der Waals surface area contributed by atoms with Gasteiger partial charge in [-0.05, 0) is 43.4 Å². The molecule has 1 atom stereocenters. The Morgan fingerprint density at radius 3 is 2.72 bits per heavy atom. The van der Waals surface area contributed by atoms with Crippen LogP contribution < -0.4 is 10.6 Å². The summed E-state index contributed by atoms with van der Waals surface area (Å²) in [5, 5.41) is 0. The molecule has 1 aliphatic heterocycles. The lowest BCUT2D eigenvalue weighted by Crippen LogP contribution is -2.45. The van der Waals surface area contributed by atoms with Crippen molar-refractivity contribution in [2.45, 2.75) is 25.8 Å². The first-order chi connectivity index (χ1) is 8.72. The van der Waals surface area contributed by atoms with E-state index < -0.39 is 0 Å². The normalized spacial score (nSPS) is 18.6. The molecule has 0 amide bonds. The minimum absolute atomic E-state index is 0.413. The molecule has 0 saturated carbocycles. The van der Waals surface area contributed by atoms with Crippen LogP contribution in [0.3, 0.4) is 0 Å². The monoisotopic (exact) mass is 248 g/mol. The summed E-state index contributed by atoms with van der Waals surface area (Å²) in [7, 11) is 2.15. The van der Waals surface area contributed by atoms with Gasteiger partial charge in [-0.25, -0.2) is 0 Å². The summed E-state index contributed by atoms with van der Waals surface area (Å²) in [6.07, 6.45) is 2.25. The van der Waals surface area contributed by atoms with E-state index in [0.29, 0.717) is 18.5 Å². The first-order valence-corrected chi connectivity index (χ1v) is 6.79. The molecule has 100 valence electrons. The highest BCUT2D eigenvalue weighted by atomic mass is 16.5. The summed E-state index contributed by atoms with van der Waals surface area (Å²) in [5.74, 6) is 0.647. The van der Waals surface area contributed by atoms with Crippen LogP contribution in [-0.2, 0) is 4.74 Å². The van der Waals surface area contributed by atoms with Gasteiger partial charge in [0.05, 0.1) is 0 Å². The summed E-state index contributed by atoms with van der Waals surface area (Å²) >= 11 is 0. The molecule has 3 nitrogen and oxygen atoms in total. The van der Waals surface area contributed by atoms with Crippen LogP contribution >= 0.6 is 0 Å². The molecule has 3 heteroatoms. The van der Waals surface area contributed by atoms with Crippen molar-refractivity contribution in [1.82, 2.24) is 0 Å². The molecular formula is C15H24N2O. The summed E-state index contributed by atoms with van der Waals surface area (Å²) in [5.41, 5.74) is 8.55. The number of hydrogen-bond donors (Lipinski definition) is 1. The van der Waals surface area contributed by atoms with Gasteiger partial charge in [-0.1, -0.05) is 12.1 Å². The van der Waals surface area contributed by atoms with Gasteiger partial charge in [-0.3, -0.25) is 0 Å². The summed E-state index contributed by atoms with van der Waals surface area (Å²) < 4.78 is 5.44. The van der Waals surface area contributed by atoms with Gasteiger partial charge in [-0.2, -0.15) is 0 Å². The zero-order chi connectivity index (χ0) is 13.0. The topological polar surface area (TPSA) is 38.5 Å². The molecule has 1 unspecified atom stereocenters. The third-order valence-electron chi connectivity index (χ3n) is 3.96. The molecule has 0 radical (unpaired) electrons. The molecular weight excluding hydrogens is 224 g/mol. The maximum atomic E-state index is 6.00. The molecule has 1 heterocycles. The summed E-state index contributed by atoms with van der Waals surface area (Å²) in [6, 6.07) is 9.04. The van der Waals surface area contributed by atoms with E-state index in [2.05, 4.69) is 43.1 Å². The average molecular weight is 248 g/mol. The quantitative estimate of drug-likeness (QED) is 0.887. The SMILES string of the molecule is Cc1cccc(N(C)C(CN)C2CCOCC2)c1. The van der Waals surface area contributed by atoms with Crippen LogP contribution in [0.1, 0.15) is 18.4 Å². The van der Waals surface area contributed by atoms with Crippen LogP contribution in [0.4, 0.5) is 5.69 Å². The van der Waals surface area contributed by atoms with Crippen LogP contribution in [0.25, 0.3) is 0 Å². The standard InChI is InChI=1S/C15H24N2O/c1-12-4-3-5-14(10-12)17(2)15(11-16)13-6-8-18-9-7-13/h3-5,10,13,15H,6-9,11,16H2,1-2H3. The van der Waals surface area contributed by atoms with Crippen molar-refractivity contribution in [2.24, 2.45) is 11.7 Å². The van der Waals surface area contributed by atoms with Crippen LogP contribution in [0.5, 0.6) is 0 Å². The lowest BCUT2D eigenvalue weighted by atomic mass is 9.90. The molecule has 1 fully saturated rings. The Bertz CT molecular complexity index is 375. The summed E-state index contributed by atoms with van der Waals surface area (Å²) in [6.45, 7) is 4.59. The first kappa shape index (κ1) is 13.4. The maximum Gasteiger partial charge on any atom is 0.0469 e. The van der Waals surface area contributed by atoms with Gasteiger partial charge in [0.25, 0.3) is 0 Å². The fourth-order valence-electron chi connectivity index (χ4n) is 2.81. The van der Waals surface area contributed by atoms with Crippen molar-refractivity contribution in [3.05, 3.63) is 29.8 Å². The minimum atomic E-state index is 0.413. The predicted octanol–water partition coefficient (Wildman–Crippen LogP) is 2.19. The van der Waals surface area contributed by atoms with Crippen molar-refractivity contribution in [1.29, 1.82) is 0 Å². The number of likely N-dealkylation sites (N-methyl/N-ethyl adjacent to an activating group) is 1. The average Bonchev–Trinajstić information content (AvgIpc) is 2.41. The predicted molar refractivity (Wildman–Crippen MR) is 76.0 cm³/mol. The number of nitrogens with two attached hydrogens (primary N) is 1. The zero-order valence-corrected chi connectivity index (χ0v) is 11.4. The van der Waals surface area contributed by atoms with Gasteiger partial charge in [0.1, 0.15) is 0 Å². The Kier molecular flexibility index (Phi) is 4.61. The van der Waals surface area contributed by atoms with E-state index in [1.807, 2.05) is 0 Å². The van der Waals surface area contributed by atoms with Crippen LogP contribution in [0.2, 0.25) is 0 Å². The van der Waals surface area contributed by atoms with Gasteiger partial charge < -0.3 is 15.4 Å². The number of hydrogen-bond acceptors (Lipinski definition) is 3. The second kappa shape index (κ2) is 6.21. The van der Waals surface area contributed by atoms with E-state index in [1.54, 1.807) is 0 Å². The van der Waals surface area contributed by atoms with Crippen molar-refractivity contribution in [3.8, 4) is 0 Å². The maximum absolute atomic E-state index is 6.00. The lowest BCUT2D eigenvalue weighted by Gasteiger charge is -2.37. The molecule has 2 rings (SSSR count). The Balaban J connectivity index is 2.11. The third-order valence-corrected chi connectivity index (χ3v) is 3.96. The lowest BCUT2D eigenvalue weighted by molar-refractivity contribution is 0.0588. The van der Waals surface area contributed by atoms with E-state index in [9.17, 15) is 0 Å². The van der Waals surface area contributed by atoms with Crippen molar-refractivity contribution in [2.75, 3.05) is 31.7 Å². The Morgan fingerprint density at radius 1 is 1.39 bits per heavy atom. The smallest absolute Gasteiger partial charge is 0.0469 e. The second-order valence-electron chi connectivity index (χ2n) is 5.20. The number of benzene rings is 1. The number of nitrogens with zero attached hydrogens (tertiary/aromatic N) is 1. The highest BCUT2D eigenvalue weighted by molar-refractivity contribution is 5.48. The van der Waals surface area contributed by atoms with Crippen LogP contribution in [-0.4, -0.2) is 32.8 Å². The highest BCUT2D eigenvalue weighted by Gasteiger charge is 2.26. The highest BCUT2D eigenvalue weighted by Crippen LogP contribution is 2.25. The Hall–Kier alpha value is -1.06. The molecule has 2 N–H and O–H groups in total. The van der Waals surface area contributed by atoms with Crippen LogP contribution in [0, 0.1) is 12.8 Å². The molecule has 0 aliphatic carbocycles. The number of ether oxygens (including phenoxy) is 1. The molecule has 1 saturated heterocycles. The van der Waals surface area contributed by atoms with Crippen molar-refractivity contribution >= 4 is 5.69 Å². The fourth-order valence-corrected chi connectivity index (χ4v) is 2.81. The van der Waals surface area contributed by atoms with Gasteiger partial charge in [-0.15, -0.1) is 0 Å². The van der Waals surface area contributed by atoms with Crippen LogP contribution in [0.15, 0.2) is 24.3 Å². The van der Waals surface area contributed by atoms with Gasteiger partial charge in [0.2, 0.25) is 0 Å². The molecule has 1 aromatic carbocycles. The number of aryl methyl sites for hydroxylation is 1. The molecule has 0 spiro atoms.